The van der Waals surface area contributed by atoms with Crippen LogP contribution in [0.15, 0.2) is 30.3 Å². The van der Waals surface area contributed by atoms with Crippen LogP contribution in [-0.2, 0) is 11.3 Å². The van der Waals surface area contributed by atoms with Crippen LogP contribution < -0.4 is 0 Å². The smallest absolute Gasteiger partial charge is 0.410 e. The van der Waals surface area contributed by atoms with Gasteiger partial charge in [0, 0.05) is 31.7 Å². The first-order valence-corrected chi connectivity index (χ1v) is 7.29. The maximum Gasteiger partial charge on any atom is 0.410 e. The molecule has 0 N–H and O–H groups in total. The summed E-state index contributed by atoms with van der Waals surface area (Å²) in [6, 6.07) is 10.5. The molecule has 1 aliphatic rings. The van der Waals surface area contributed by atoms with Crippen molar-refractivity contribution < 1.29 is 9.53 Å². The third kappa shape index (κ3) is 3.73. The first-order chi connectivity index (χ1) is 9.58. The molecule has 0 radical (unpaired) electrons. The summed E-state index contributed by atoms with van der Waals surface area (Å²) >= 11 is 0. The van der Waals surface area contributed by atoms with Crippen molar-refractivity contribution in [2.45, 2.75) is 39.5 Å². The quantitative estimate of drug-likeness (QED) is 0.851. The van der Waals surface area contributed by atoms with Crippen molar-refractivity contribution in [1.29, 1.82) is 0 Å². The second-order valence-electron chi connectivity index (χ2n) is 5.67. The average molecular weight is 276 g/mol. The van der Waals surface area contributed by atoms with Crippen LogP contribution in [0.5, 0.6) is 0 Å². The maximum absolute atomic E-state index is 12.1. The molecule has 0 bridgehead atoms. The lowest BCUT2D eigenvalue weighted by atomic mass is 10.1. The van der Waals surface area contributed by atoms with E-state index in [0.717, 1.165) is 25.2 Å². The number of rotatable bonds is 3. The highest BCUT2D eigenvalue weighted by atomic mass is 16.6. The molecule has 1 heterocycles. The topological polar surface area (TPSA) is 32.8 Å². The lowest BCUT2D eigenvalue weighted by molar-refractivity contribution is 0.0391. The molecule has 2 rings (SSSR count). The number of amides is 1. The van der Waals surface area contributed by atoms with Crippen molar-refractivity contribution in [3.63, 3.8) is 0 Å². The number of hydrogen-bond acceptors (Lipinski definition) is 3. The molecule has 0 spiro atoms. The summed E-state index contributed by atoms with van der Waals surface area (Å²) < 4.78 is 5.40. The van der Waals surface area contributed by atoms with Gasteiger partial charge < -0.3 is 9.64 Å². The van der Waals surface area contributed by atoms with Crippen LogP contribution in [0.4, 0.5) is 4.79 Å². The molecule has 4 nitrogen and oxygen atoms in total. The molecule has 1 amide bonds. The van der Waals surface area contributed by atoms with Crippen LogP contribution in [0.3, 0.4) is 0 Å². The van der Waals surface area contributed by atoms with E-state index < -0.39 is 0 Å². The highest BCUT2D eigenvalue weighted by molar-refractivity contribution is 5.68. The Bertz CT molecular complexity index is 433. The van der Waals surface area contributed by atoms with E-state index in [0.29, 0.717) is 12.6 Å². The first kappa shape index (κ1) is 14.9. The van der Waals surface area contributed by atoms with Gasteiger partial charge in [-0.05, 0) is 26.3 Å². The van der Waals surface area contributed by atoms with Gasteiger partial charge in [-0.3, -0.25) is 4.90 Å². The van der Waals surface area contributed by atoms with E-state index in [4.69, 9.17) is 4.74 Å². The normalized spacial score (nSPS) is 20.2. The Balaban J connectivity index is 1.84. The van der Waals surface area contributed by atoms with Crippen molar-refractivity contribution in [2.75, 3.05) is 19.6 Å². The molecule has 110 valence electrons. The summed E-state index contributed by atoms with van der Waals surface area (Å²) in [5.74, 6) is 0. The van der Waals surface area contributed by atoms with E-state index in [1.165, 1.54) is 0 Å². The molecular formula is C16H24N2O2. The van der Waals surface area contributed by atoms with Crippen molar-refractivity contribution in [3.8, 4) is 0 Å². The van der Waals surface area contributed by atoms with E-state index in [-0.39, 0.29) is 12.1 Å². The summed E-state index contributed by atoms with van der Waals surface area (Å²) in [6.45, 7) is 9.38. The second kappa shape index (κ2) is 6.75. The minimum atomic E-state index is -0.204. The third-order valence-corrected chi connectivity index (χ3v) is 3.83. The summed E-state index contributed by atoms with van der Waals surface area (Å²) in [5.41, 5.74) is 1.02. The number of ether oxygens (including phenoxy) is 1. The van der Waals surface area contributed by atoms with Crippen molar-refractivity contribution >= 4 is 6.09 Å². The first-order valence-electron chi connectivity index (χ1n) is 7.29. The van der Waals surface area contributed by atoms with Gasteiger partial charge in [0.2, 0.25) is 0 Å². The molecule has 4 heteroatoms. The van der Waals surface area contributed by atoms with Crippen molar-refractivity contribution in [1.82, 2.24) is 9.80 Å². The summed E-state index contributed by atoms with van der Waals surface area (Å²) in [4.78, 5) is 16.4. The van der Waals surface area contributed by atoms with Gasteiger partial charge in [-0.25, -0.2) is 4.79 Å². The number of carbonyl (C=O) groups is 1. The summed E-state index contributed by atoms with van der Waals surface area (Å²) in [7, 11) is 0. The van der Waals surface area contributed by atoms with Crippen molar-refractivity contribution in [2.24, 2.45) is 0 Å². The number of benzene rings is 1. The minimum Gasteiger partial charge on any atom is -0.445 e. The molecule has 1 fully saturated rings. The Kier molecular flexibility index (Phi) is 5.01. The molecule has 1 aromatic rings. The molecule has 1 atom stereocenters. The second-order valence-corrected chi connectivity index (χ2v) is 5.67. The van der Waals surface area contributed by atoms with E-state index in [2.05, 4.69) is 25.7 Å². The molecule has 0 aliphatic carbocycles. The monoisotopic (exact) mass is 276 g/mol. The Morgan fingerprint density at radius 3 is 2.60 bits per heavy atom. The van der Waals surface area contributed by atoms with Crippen LogP contribution in [0.25, 0.3) is 0 Å². The Morgan fingerprint density at radius 1 is 1.30 bits per heavy atom. The fraction of sp³-hybridized carbons (Fsp3) is 0.562. The Hall–Kier alpha value is -1.55. The summed E-state index contributed by atoms with van der Waals surface area (Å²) in [6.07, 6.45) is -0.204. The number of carbonyl (C=O) groups excluding carboxylic acids is 1. The predicted octanol–water partition coefficient (Wildman–Crippen LogP) is 2.74. The zero-order valence-corrected chi connectivity index (χ0v) is 12.6. The Labute approximate surface area is 121 Å². The molecule has 1 aliphatic heterocycles. The van der Waals surface area contributed by atoms with Gasteiger partial charge in [0.1, 0.15) is 6.61 Å². The van der Waals surface area contributed by atoms with Gasteiger partial charge in [-0.15, -0.1) is 0 Å². The van der Waals surface area contributed by atoms with Crippen molar-refractivity contribution in [3.05, 3.63) is 35.9 Å². The predicted molar refractivity (Wildman–Crippen MR) is 79.5 cm³/mol. The van der Waals surface area contributed by atoms with E-state index in [1.807, 2.05) is 35.2 Å². The SMILES string of the molecule is CC(C)N1CCN(C(=O)OCc2ccccc2)C(C)C1. The maximum atomic E-state index is 12.1. The average Bonchev–Trinajstić information content (AvgIpc) is 2.45. The van der Waals surface area contributed by atoms with E-state index in [1.54, 1.807) is 0 Å². The molecular weight excluding hydrogens is 252 g/mol. The van der Waals surface area contributed by atoms with Gasteiger partial charge >= 0.3 is 6.09 Å². The van der Waals surface area contributed by atoms with Gasteiger partial charge in [0.15, 0.2) is 0 Å². The highest BCUT2D eigenvalue weighted by Crippen LogP contribution is 2.14. The van der Waals surface area contributed by atoms with Crippen LogP contribution in [0.1, 0.15) is 26.3 Å². The molecule has 0 saturated carbocycles. The van der Waals surface area contributed by atoms with E-state index in [9.17, 15) is 4.79 Å². The molecule has 1 unspecified atom stereocenters. The minimum absolute atomic E-state index is 0.203. The zero-order chi connectivity index (χ0) is 14.5. The number of nitrogens with zero attached hydrogens (tertiary/aromatic N) is 2. The lowest BCUT2D eigenvalue weighted by Gasteiger charge is -2.40. The van der Waals surface area contributed by atoms with Crippen LogP contribution in [-0.4, -0.2) is 47.6 Å². The van der Waals surface area contributed by atoms with Crippen LogP contribution in [0.2, 0.25) is 0 Å². The highest BCUT2D eigenvalue weighted by Gasteiger charge is 2.29. The molecule has 20 heavy (non-hydrogen) atoms. The Morgan fingerprint density at radius 2 is 2.00 bits per heavy atom. The number of piperazine rings is 1. The standard InChI is InChI=1S/C16H24N2O2/c1-13(2)17-9-10-18(14(3)11-17)16(19)20-12-15-7-5-4-6-8-15/h4-8,13-14H,9-12H2,1-3H3. The van der Waals surface area contributed by atoms with Gasteiger partial charge in [0.05, 0.1) is 0 Å². The van der Waals surface area contributed by atoms with Crippen LogP contribution >= 0.6 is 0 Å². The largest absolute Gasteiger partial charge is 0.445 e. The lowest BCUT2D eigenvalue weighted by Crippen LogP contribution is -2.55. The molecule has 0 aromatic heterocycles. The van der Waals surface area contributed by atoms with Crippen LogP contribution in [0, 0.1) is 0 Å². The van der Waals surface area contributed by atoms with Gasteiger partial charge in [0.25, 0.3) is 0 Å². The zero-order valence-electron chi connectivity index (χ0n) is 12.6. The molecule has 1 aromatic carbocycles. The van der Waals surface area contributed by atoms with E-state index >= 15 is 0 Å². The van der Waals surface area contributed by atoms with Gasteiger partial charge in [-0.1, -0.05) is 30.3 Å². The number of hydrogen-bond donors (Lipinski definition) is 0. The molecule has 1 saturated heterocycles. The fourth-order valence-corrected chi connectivity index (χ4v) is 2.53. The van der Waals surface area contributed by atoms with Gasteiger partial charge in [-0.2, -0.15) is 0 Å². The fourth-order valence-electron chi connectivity index (χ4n) is 2.53. The third-order valence-electron chi connectivity index (χ3n) is 3.83. The summed E-state index contributed by atoms with van der Waals surface area (Å²) in [5, 5.41) is 0.